The van der Waals surface area contributed by atoms with E-state index in [2.05, 4.69) is 29.4 Å². The largest absolute Gasteiger partial charge is 0.480 e. The third-order valence-corrected chi connectivity index (χ3v) is 4.12. The molecule has 2 aromatic rings. The second kappa shape index (κ2) is 8.56. The van der Waals surface area contributed by atoms with Crippen molar-refractivity contribution in [2.75, 3.05) is 25.5 Å². The Bertz CT molecular complexity index is 697. The zero-order valence-corrected chi connectivity index (χ0v) is 14.6. The molecule has 0 radical (unpaired) electrons. The lowest BCUT2D eigenvalue weighted by Crippen LogP contribution is -2.33. The van der Waals surface area contributed by atoms with Crippen LogP contribution in [0.25, 0.3) is 11.3 Å². The van der Waals surface area contributed by atoms with E-state index in [9.17, 15) is 9.59 Å². The van der Waals surface area contributed by atoms with Crippen molar-refractivity contribution in [2.45, 2.75) is 19.8 Å². The number of carbonyl (C=O) groups excluding carboxylic acids is 1. The van der Waals surface area contributed by atoms with Crippen molar-refractivity contribution in [1.82, 2.24) is 9.88 Å². The van der Waals surface area contributed by atoms with Crippen molar-refractivity contribution in [3.8, 4) is 11.3 Å². The van der Waals surface area contributed by atoms with Gasteiger partial charge in [-0.2, -0.15) is 0 Å². The Morgan fingerprint density at radius 2 is 1.96 bits per heavy atom. The first-order valence-electron chi connectivity index (χ1n) is 7.73. The molecule has 1 aromatic carbocycles. The number of anilines is 1. The van der Waals surface area contributed by atoms with Gasteiger partial charge in [0.2, 0.25) is 5.91 Å². The average molecular weight is 347 g/mol. The number of carboxylic acid groups (broad SMARTS) is 1. The molecule has 6 nitrogen and oxygen atoms in total. The normalized spacial score (nSPS) is 10.8. The van der Waals surface area contributed by atoms with Crippen LogP contribution in [0, 0.1) is 0 Å². The summed E-state index contributed by atoms with van der Waals surface area (Å²) in [5.41, 5.74) is 3.12. The molecule has 128 valence electrons. The number of nitrogens with one attached hydrogen (secondary N) is 1. The smallest absolute Gasteiger partial charge is 0.317 e. The van der Waals surface area contributed by atoms with E-state index < -0.39 is 5.97 Å². The predicted molar refractivity (Wildman–Crippen MR) is 95.3 cm³/mol. The van der Waals surface area contributed by atoms with E-state index in [4.69, 9.17) is 5.11 Å². The van der Waals surface area contributed by atoms with E-state index in [0.717, 1.165) is 24.1 Å². The number of amides is 1. The highest BCUT2D eigenvalue weighted by atomic mass is 32.1. The summed E-state index contributed by atoms with van der Waals surface area (Å²) in [6.07, 6.45) is 2.17. The molecule has 2 N–H and O–H groups in total. The lowest BCUT2D eigenvalue weighted by Gasteiger charge is -2.12. The topological polar surface area (TPSA) is 82.5 Å². The summed E-state index contributed by atoms with van der Waals surface area (Å²) in [4.78, 5) is 28.3. The van der Waals surface area contributed by atoms with Crippen LogP contribution in [-0.2, 0) is 16.0 Å². The SMILES string of the molecule is CCCc1ccc(-c2csc(NC(=O)CN(C)CC(=O)O)n2)cc1. The van der Waals surface area contributed by atoms with Crippen molar-refractivity contribution >= 4 is 28.3 Å². The summed E-state index contributed by atoms with van der Waals surface area (Å²) in [5.74, 6) is -1.24. The summed E-state index contributed by atoms with van der Waals surface area (Å²) in [6.45, 7) is 1.98. The zero-order chi connectivity index (χ0) is 17.5. The van der Waals surface area contributed by atoms with Gasteiger partial charge in [-0.3, -0.25) is 14.5 Å². The summed E-state index contributed by atoms with van der Waals surface area (Å²) in [7, 11) is 1.58. The number of nitrogens with zero attached hydrogens (tertiary/aromatic N) is 2. The monoisotopic (exact) mass is 347 g/mol. The van der Waals surface area contributed by atoms with Gasteiger partial charge >= 0.3 is 5.97 Å². The highest BCUT2D eigenvalue weighted by Gasteiger charge is 2.12. The van der Waals surface area contributed by atoms with E-state index >= 15 is 0 Å². The van der Waals surface area contributed by atoms with Gasteiger partial charge in [0, 0.05) is 10.9 Å². The molecule has 0 aliphatic carbocycles. The number of aliphatic carboxylic acids is 1. The molecular formula is C17H21N3O3S. The molecule has 0 spiro atoms. The average Bonchev–Trinajstić information content (AvgIpc) is 2.95. The molecule has 0 aliphatic rings. The van der Waals surface area contributed by atoms with Crippen LogP contribution in [0.15, 0.2) is 29.6 Å². The Morgan fingerprint density at radius 1 is 1.25 bits per heavy atom. The lowest BCUT2D eigenvalue weighted by molar-refractivity contribution is -0.138. The summed E-state index contributed by atoms with van der Waals surface area (Å²) < 4.78 is 0. The van der Waals surface area contributed by atoms with Crippen LogP contribution in [0.4, 0.5) is 5.13 Å². The third kappa shape index (κ3) is 5.43. The van der Waals surface area contributed by atoms with Gasteiger partial charge in [-0.1, -0.05) is 37.6 Å². The highest BCUT2D eigenvalue weighted by Crippen LogP contribution is 2.25. The number of hydrogen-bond acceptors (Lipinski definition) is 5. The number of thiazole rings is 1. The predicted octanol–water partition coefficient (Wildman–Crippen LogP) is 2.72. The van der Waals surface area contributed by atoms with Crippen LogP contribution in [0.3, 0.4) is 0 Å². The Kier molecular flexibility index (Phi) is 6.45. The van der Waals surface area contributed by atoms with E-state index in [-0.39, 0.29) is 19.0 Å². The van der Waals surface area contributed by atoms with Crippen LogP contribution < -0.4 is 5.32 Å². The van der Waals surface area contributed by atoms with Gasteiger partial charge in [0.25, 0.3) is 0 Å². The molecule has 0 bridgehead atoms. The zero-order valence-electron chi connectivity index (χ0n) is 13.8. The number of benzene rings is 1. The molecule has 24 heavy (non-hydrogen) atoms. The molecule has 0 atom stereocenters. The molecular weight excluding hydrogens is 326 g/mol. The van der Waals surface area contributed by atoms with Gasteiger partial charge in [0.05, 0.1) is 18.8 Å². The van der Waals surface area contributed by atoms with Gasteiger partial charge in [-0.15, -0.1) is 11.3 Å². The van der Waals surface area contributed by atoms with Gasteiger partial charge in [-0.05, 0) is 19.0 Å². The Labute approximate surface area is 145 Å². The fourth-order valence-corrected chi connectivity index (χ4v) is 3.02. The second-order valence-corrected chi connectivity index (χ2v) is 6.46. The highest BCUT2D eigenvalue weighted by molar-refractivity contribution is 7.14. The maximum atomic E-state index is 11.9. The van der Waals surface area contributed by atoms with E-state index in [1.165, 1.54) is 21.8 Å². The molecule has 0 fully saturated rings. The number of likely N-dealkylation sites (N-methyl/N-ethyl adjacent to an activating group) is 1. The van der Waals surface area contributed by atoms with Crippen LogP contribution in [0.5, 0.6) is 0 Å². The molecule has 1 aromatic heterocycles. The molecule has 1 heterocycles. The Balaban J connectivity index is 1.95. The number of hydrogen-bond donors (Lipinski definition) is 2. The fourth-order valence-electron chi connectivity index (χ4n) is 2.29. The van der Waals surface area contributed by atoms with E-state index in [1.807, 2.05) is 17.5 Å². The lowest BCUT2D eigenvalue weighted by atomic mass is 10.1. The number of aromatic nitrogens is 1. The van der Waals surface area contributed by atoms with Crippen LogP contribution >= 0.6 is 11.3 Å². The maximum absolute atomic E-state index is 11.9. The van der Waals surface area contributed by atoms with Crippen molar-refractivity contribution in [2.24, 2.45) is 0 Å². The number of aryl methyl sites for hydroxylation is 1. The first-order valence-corrected chi connectivity index (χ1v) is 8.61. The summed E-state index contributed by atoms with van der Waals surface area (Å²) in [6, 6.07) is 8.26. The Morgan fingerprint density at radius 3 is 2.58 bits per heavy atom. The second-order valence-electron chi connectivity index (χ2n) is 5.60. The first kappa shape index (κ1) is 18.1. The minimum absolute atomic E-state index is 0.00687. The van der Waals surface area contributed by atoms with E-state index in [0.29, 0.717) is 5.13 Å². The van der Waals surface area contributed by atoms with E-state index in [1.54, 1.807) is 7.05 Å². The van der Waals surface area contributed by atoms with Crippen LogP contribution in [-0.4, -0.2) is 47.0 Å². The maximum Gasteiger partial charge on any atom is 0.317 e. The summed E-state index contributed by atoms with van der Waals surface area (Å²) in [5, 5.41) is 13.8. The van der Waals surface area contributed by atoms with Crippen molar-refractivity contribution in [1.29, 1.82) is 0 Å². The molecule has 2 rings (SSSR count). The van der Waals surface area contributed by atoms with Crippen molar-refractivity contribution in [3.05, 3.63) is 35.2 Å². The number of carboxylic acids is 1. The first-order chi connectivity index (χ1) is 11.5. The molecule has 0 saturated heterocycles. The number of carbonyl (C=O) groups is 2. The molecule has 7 heteroatoms. The van der Waals surface area contributed by atoms with Gasteiger partial charge < -0.3 is 10.4 Å². The third-order valence-electron chi connectivity index (χ3n) is 3.36. The molecule has 0 aliphatic heterocycles. The number of rotatable bonds is 8. The van der Waals surface area contributed by atoms with Gasteiger partial charge in [0.1, 0.15) is 0 Å². The quantitative estimate of drug-likeness (QED) is 0.767. The standard InChI is InChI=1S/C17H21N3O3S/c1-3-4-12-5-7-13(8-6-12)14-11-24-17(18-14)19-15(21)9-20(2)10-16(22)23/h5-8,11H,3-4,9-10H2,1-2H3,(H,22,23)(H,18,19,21). The molecule has 0 unspecified atom stereocenters. The summed E-state index contributed by atoms with van der Waals surface area (Å²) >= 11 is 1.35. The van der Waals surface area contributed by atoms with Gasteiger partial charge in [-0.25, -0.2) is 4.98 Å². The Hall–Kier alpha value is -2.25. The van der Waals surface area contributed by atoms with Crippen LogP contribution in [0.1, 0.15) is 18.9 Å². The van der Waals surface area contributed by atoms with Crippen molar-refractivity contribution < 1.29 is 14.7 Å². The molecule has 0 saturated carbocycles. The molecule has 1 amide bonds. The van der Waals surface area contributed by atoms with Crippen LogP contribution in [0.2, 0.25) is 0 Å². The van der Waals surface area contributed by atoms with Gasteiger partial charge in [0.15, 0.2) is 5.13 Å². The minimum atomic E-state index is -0.964. The fraction of sp³-hybridized carbons (Fsp3) is 0.353. The minimum Gasteiger partial charge on any atom is -0.480 e. The van der Waals surface area contributed by atoms with Crippen molar-refractivity contribution in [3.63, 3.8) is 0 Å².